The average Bonchev–Trinajstić information content (AvgIpc) is 3.18. The van der Waals surface area contributed by atoms with Gasteiger partial charge in [-0.25, -0.2) is 19.8 Å². The van der Waals surface area contributed by atoms with E-state index in [1.165, 1.54) is 16.3 Å². The van der Waals surface area contributed by atoms with Crippen LogP contribution >= 0.6 is 0 Å². The maximum absolute atomic E-state index is 7.32. The van der Waals surface area contributed by atoms with Crippen molar-refractivity contribution in [3.63, 3.8) is 0 Å². The number of aromatic nitrogens is 3. The first-order valence-electron chi connectivity index (χ1n) is 15.8. The van der Waals surface area contributed by atoms with Crippen LogP contribution in [0.4, 0.5) is 5.69 Å². The van der Waals surface area contributed by atoms with Crippen molar-refractivity contribution >= 4 is 16.5 Å². The standard InChI is InChI=1S/C44H28N4/c1-45-39-16-8-14-36(29-39)30-18-20-31(21-19-30)37-26-27-41-38(28-37)15-9-17-40(41)32-22-24-35(25-23-32)44-47-42(33-10-4-2-5-11-33)46-43(48-44)34-12-6-3-7-13-34/h2-29H. The largest absolute Gasteiger partial charge is 0.238 e. The molecule has 4 heteroatoms. The average molecular weight is 613 g/mol. The Morgan fingerprint density at radius 1 is 0.354 bits per heavy atom. The van der Waals surface area contributed by atoms with Gasteiger partial charge in [0.05, 0.1) is 6.57 Å². The third kappa shape index (κ3) is 5.73. The van der Waals surface area contributed by atoms with Gasteiger partial charge < -0.3 is 0 Å². The lowest BCUT2D eigenvalue weighted by Gasteiger charge is -2.11. The molecule has 48 heavy (non-hydrogen) atoms. The Hall–Kier alpha value is -6.70. The predicted octanol–water partition coefficient (Wildman–Crippen LogP) is 11.6. The number of rotatable bonds is 6. The summed E-state index contributed by atoms with van der Waals surface area (Å²) in [6.07, 6.45) is 0. The molecule has 1 heterocycles. The van der Waals surface area contributed by atoms with Crippen LogP contribution in [0.15, 0.2) is 170 Å². The van der Waals surface area contributed by atoms with E-state index in [4.69, 9.17) is 21.5 Å². The Bertz CT molecular complexity index is 2370. The fourth-order valence-corrected chi connectivity index (χ4v) is 6.06. The second-order valence-corrected chi connectivity index (χ2v) is 11.6. The van der Waals surface area contributed by atoms with E-state index in [2.05, 4.69) is 89.8 Å². The summed E-state index contributed by atoms with van der Waals surface area (Å²) in [5, 5.41) is 2.37. The minimum Gasteiger partial charge on any atom is -0.238 e. The maximum atomic E-state index is 7.32. The van der Waals surface area contributed by atoms with Gasteiger partial charge in [-0.3, -0.25) is 0 Å². The highest BCUT2D eigenvalue weighted by atomic mass is 15.0. The topological polar surface area (TPSA) is 43.0 Å². The van der Waals surface area contributed by atoms with E-state index in [1.54, 1.807) is 0 Å². The molecule has 0 radical (unpaired) electrons. The fourth-order valence-electron chi connectivity index (χ4n) is 6.06. The second kappa shape index (κ2) is 12.6. The van der Waals surface area contributed by atoms with Gasteiger partial charge >= 0.3 is 0 Å². The quantitative estimate of drug-likeness (QED) is 0.175. The summed E-state index contributed by atoms with van der Waals surface area (Å²) in [6.45, 7) is 7.32. The summed E-state index contributed by atoms with van der Waals surface area (Å²) in [5.74, 6) is 1.94. The Balaban J connectivity index is 1.11. The van der Waals surface area contributed by atoms with Gasteiger partial charge in [0.25, 0.3) is 0 Å². The molecule has 8 aromatic rings. The van der Waals surface area contributed by atoms with E-state index >= 15 is 0 Å². The molecule has 0 aliphatic carbocycles. The molecule has 0 spiro atoms. The van der Waals surface area contributed by atoms with Gasteiger partial charge in [0, 0.05) is 16.7 Å². The van der Waals surface area contributed by atoms with Crippen molar-refractivity contribution in [2.45, 2.75) is 0 Å². The molecule has 4 nitrogen and oxygen atoms in total. The van der Waals surface area contributed by atoms with Crippen LogP contribution in [0.3, 0.4) is 0 Å². The van der Waals surface area contributed by atoms with E-state index in [0.717, 1.165) is 44.5 Å². The van der Waals surface area contributed by atoms with Crippen molar-refractivity contribution in [3.8, 4) is 67.5 Å². The van der Waals surface area contributed by atoms with Gasteiger partial charge in [-0.15, -0.1) is 0 Å². The Labute approximate surface area is 279 Å². The van der Waals surface area contributed by atoms with Crippen molar-refractivity contribution in [2.75, 3.05) is 0 Å². The highest BCUT2D eigenvalue weighted by Gasteiger charge is 2.13. The number of benzene rings is 7. The molecule has 0 atom stereocenters. The maximum Gasteiger partial charge on any atom is 0.187 e. The zero-order chi connectivity index (χ0) is 32.3. The third-order valence-corrected chi connectivity index (χ3v) is 8.56. The van der Waals surface area contributed by atoms with Crippen molar-refractivity contribution in [2.24, 2.45) is 0 Å². The highest BCUT2D eigenvalue weighted by Crippen LogP contribution is 2.34. The summed E-state index contributed by atoms with van der Waals surface area (Å²) >= 11 is 0. The first-order chi connectivity index (χ1) is 23.7. The van der Waals surface area contributed by atoms with Crippen LogP contribution < -0.4 is 0 Å². The first kappa shape index (κ1) is 28.8. The lowest BCUT2D eigenvalue weighted by atomic mass is 9.94. The lowest BCUT2D eigenvalue weighted by molar-refractivity contribution is 1.07. The van der Waals surface area contributed by atoms with Crippen LogP contribution in [0.2, 0.25) is 0 Å². The molecule has 7 aromatic carbocycles. The lowest BCUT2D eigenvalue weighted by Crippen LogP contribution is -2.00. The molecule has 8 rings (SSSR count). The van der Waals surface area contributed by atoms with E-state index in [-0.39, 0.29) is 0 Å². The zero-order valence-corrected chi connectivity index (χ0v) is 26.0. The normalized spacial score (nSPS) is 10.9. The van der Waals surface area contributed by atoms with E-state index in [1.807, 2.05) is 84.9 Å². The second-order valence-electron chi connectivity index (χ2n) is 11.6. The van der Waals surface area contributed by atoms with Crippen molar-refractivity contribution < 1.29 is 0 Å². The first-order valence-corrected chi connectivity index (χ1v) is 15.8. The summed E-state index contributed by atoms with van der Waals surface area (Å²) in [6, 6.07) is 58.0. The van der Waals surface area contributed by atoms with Crippen molar-refractivity contribution in [1.29, 1.82) is 0 Å². The van der Waals surface area contributed by atoms with Crippen LogP contribution in [-0.4, -0.2) is 15.0 Å². The monoisotopic (exact) mass is 612 g/mol. The van der Waals surface area contributed by atoms with Crippen LogP contribution in [0, 0.1) is 6.57 Å². The zero-order valence-electron chi connectivity index (χ0n) is 26.0. The molecule has 0 saturated carbocycles. The van der Waals surface area contributed by atoms with Gasteiger partial charge in [-0.1, -0.05) is 158 Å². The van der Waals surface area contributed by atoms with Crippen LogP contribution in [0.1, 0.15) is 0 Å². The Kier molecular flexibility index (Phi) is 7.54. The molecule has 0 fully saturated rings. The molecule has 1 aromatic heterocycles. The van der Waals surface area contributed by atoms with Gasteiger partial charge in [0.1, 0.15) is 0 Å². The molecule has 0 aliphatic heterocycles. The minimum atomic E-state index is 0.641. The predicted molar refractivity (Wildman–Crippen MR) is 196 cm³/mol. The van der Waals surface area contributed by atoms with Crippen LogP contribution in [0.25, 0.3) is 83.2 Å². The van der Waals surface area contributed by atoms with Gasteiger partial charge in [-0.05, 0) is 56.3 Å². The Morgan fingerprint density at radius 3 is 1.40 bits per heavy atom. The van der Waals surface area contributed by atoms with E-state index in [0.29, 0.717) is 23.2 Å². The summed E-state index contributed by atoms with van der Waals surface area (Å²) in [4.78, 5) is 18.2. The third-order valence-electron chi connectivity index (χ3n) is 8.56. The molecule has 0 bridgehead atoms. The fraction of sp³-hybridized carbons (Fsp3) is 0. The molecule has 0 saturated heterocycles. The number of fused-ring (bicyclic) bond motifs is 1. The van der Waals surface area contributed by atoms with Gasteiger partial charge in [0.15, 0.2) is 23.2 Å². The van der Waals surface area contributed by atoms with E-state index < -0.39 is 0 Å². The molecular weight excluding hydrogens is 585 g/mol. The SMILES string of the molecule is [C-]#[N+]c1cccc(-c2ccc(-c3ccc4c(-c5ccc(-c6nc(-c7ccccc7)nc(-c7ccccc7)n6)cc5)cccc4c3)cc2)c1. The van der Waals surface area contributed by atoms with Gasteiger partial charge in [-0.2, -0.15) is 0 Å². The van der Waals surface area contributed by atoms with Crippen molar-refractivity contribution in [1.82, 2.24) is 15.0 Å². The smallest absolute Gasteiger partial charge is 0.187 e. The minimum absolute atomic E-state index is 0.641. The molecule has 0 aliphatic rings. The number of nitrogens with zero attached hydrogens (tertiary/aromatic N) is 4. The number of hydrogen-bond donors (Lipinski definition) is 0. The summed E-state index contributed by atoms with van der Waals surface area (Å²) < 4.78 is 0. The summed E-state index contributed by atoms with van der Waals surface area (Å²) in [7, 11) is 0. The van der Waals surface area contributed by atoms with Gasteiger partial charge in [0.2, 0.25) is 0 Å². The molecular formula is C44H28N4. The molecule has 224 valence electrons. The molecule has 0 unspecified atom stereocenters. The van der Waals surface area contributed by atoms with Crippen LogP contribution in [-0.2, 0) is 0 Å². The highest BCUT2D eigenvalue weighted by molar-refractivity contribution is 5.99. The Morgan fingerprint density at radius 2 is 0.812 bits per heavy atom. The summed E-state index contributed by atoms with van der Waals surface area (Å²) in [5.41, 5.74) is 10.2. The van der Waals surface area contributed by atoms with E-state index in [9.17, 15) is 0 Å². The van der Waals surface area contributed by atoms with Crippen molar-refractivity contribution in [3.05, 3.63) is 181 Å². The molecule has 0 amide bonds. The molecule has 0 N–H and O–H groups in total. The van der Waals surface area contributed by atoms with Crippen LogP contribution in [0.5, 0.6) is 0 Å². The number of hydrogen-bond acceptors (Lipinski definition) is 3.